The van der Waals surface area contributed by atoms with Crippen molar-refractivity contribution in [3.05, 3.63) is 108 Å². The monoisotopic (exact) mass is 388 g/mol. The van der Waals surface area contributed by atoms with Crippen molar-refractivity contribution in [3.63, 3.8) is 0 Å². The van der Waals surface area contributed by atoms with E-state index in [0.29, 0.717) is 13.0 Å². The Labute approximate surface area is 174 Å². The molecule has 0 heterocycles. The Bertz CT molecular complexity index is 833. The predicted octanol–water partition coefficient (Wildman–Crippen LogP) is 4.76. The van der Waals surface area contributed by atoms with Gasteiger partial charge in [-0.15, -0.1) is 0 Å². The van der Waals surface area contributed by atoms with E-state index in [4.69, 9.17) is 5.84 Å². The van der Waals surface area contributed by atoms with Crippen LogP contribution >= 0.6 is 0 Å². The van der Waals surface area contributed by atoms with Crippen LogP contribution in [0.15, 0.2) is 91.0 Å². The van der Waals surface area contributed by atoms with Crippen LogP contribution in [0.25, 0.3) is 0 Å². The van der Waals surface area contributed by atoms with Crippen molar-refractivity contribution in [1.82, 2.24) is 5.01 Å². The Hall–Kier alpha value is -2.46. The van der Waals surface area contributed by atoms with Crippen molar-refractivity contribution in [2.75, 3.05) is 6.54 Å². The second-order valence-corrected chi connectivity index (χ2v) is 8.94. The third-order valence-electron chi connectivity index (χ3n) is 5.24. The van der Waals surface area contributed by atoms with E-state index in [1.54, 1.807) is 0 Å². The Morgan fingerprint density at radius 3 is 1.59 bits per heavy atom. The lowest BCUT2D eigenvalue weighted by atomic mass is 9.77. The van der Waals surface area contributed by atoms with Gasteiger partial charge in [-0.05, 0) is 28.5 Å². The minimum atomic E-state index is -1.25. The van der Waals surface area contributed by atoms with Gasteiger partial charge < -0.3 is 5.11 Å². The maximum absolute atomic E-state index is 12.3. The smallest absolute Gasteiger partial charge is 0.132 e. The summed E-state index contributed by atoms with van der Waals surface area (Å²) in [4.78, 5) is 0. The Morgan fingerprint density at radius 1 is 0.759 bits per heavy atom. The third kappa shape index (κ3) is 5.13. The highest BCUT2D eigenvalue weighted by Crippen LogP contribution is 2.37. The van der Waals surface area contributed by atoms with Crippen molar-refractivity contribution < 1.29 is 5.11 Å². The van der Waals surface area contributed by atoms with Crippen molar-refractivity contribution >= 4 is 0 Å². The largest absolute Gasteiger partial charge is 0.379 e. The molecule has 3 rings (SSSR count). The topological polar surface area (TPSA) is 49.5 Å². The molecule has 3 N–H and O–H groups in total. The Morgan fingerprint density at radius 2 is 1.17 bits per heavy atom. The van der Waals surface area contributed by atoms with Gasteiger partial charge in [-0.1, -0.05) is 112 Å². The molecule has 3 aromatic carbocycles. The first-order valence-electron chi connectivity index (χ1n) is 10.2. The number of hydrogen-bond acceptors (Lipinski definition) is 3. The summed E-state index contributed by atoms with van der Waals surface area (Å²) in [7, 11) is 0. The fourth-order valence-electron chi connectivity index (χ4n) is 3.94. The van der Waals surface area contributed by atoms with Gasteiger partial charge in [0.15, 0.2) is 0 Å². The lowest BCUT2D eigenvalue weighted by Gasteiger charge is -2.43. The van der Waals surface area contributed by atoms with Gasteiger partial charge in [0.25, 0.3) is 0 Å². The summed E-state index contributed by atoms with van der Waals surface area (Å²) in [6, 6.07) is 29.6. The summed E-state index contributed by atoms with van der Waals surface area (Å²) in [5.41, 5.74) is 1.58. The summed E-state index contributed by atoms with van der Waals surface area (Å²) in [6.45, 7) is 7.15. The van der Waals surface area contributed by atoms with E-state index in [9.17, 15) is 5.11 Å². The van der Waals surface area contributed by atoms with E-state index in [1.165, 1.54) is 0 Å². The van der Waals surface area contributed by atoms with Gasteiger partial charge in [0.1, 0.15) is 5.60 Å². The molecular weight excluding hydrogens is 356 g/mol. The van der Waals surface area contributed by atoms with Gasteiger partial charge in [0, 0.05) is 6.54 Å². The van der Waals surface area contributed by atoms with Crippen LogP contribution < -0.4 is 5.84 Å². The maximum atomic E-state index is 12.3. The Balaban J connectivity index is 2.14. The molecule has 1 atom stereocenters. The van der Waals surface area contributed by atoms with Crippen LogP contribution in [0.2, 0.25) is 0 Å². The van der Waals surface area contributed by atoms with Gasteiger partial charge in [-0.2, -0.15) is 0 Å². The fraction of sp³-hybridized carbons (Fsp3) is 0.308. The number of nitrogens with zero attached hydrogens (tertiary/aromatic N) is 1. The second kappa shape index (κ2) is 8.91. The average molecular weight is 389 g/mol. The van der Waals surface area contributed by atoms with Crippen molar-refractivity contribution in [1.29, 1.82) is 0 Å². The van der Waals surface area contributed by atoms with Gasteiger partial charge in [0.2, 0.25) is 0 Å². The number of benzene rings is 3. The van der Waals surface area contributed by atoms with E-state index < -0.39 is 5.60 Å². The highest BCUT2D eigenvalue weighted by Gasteiger charge is 2.43. The molecular formula is C26H32N2O. The minimum absolute atomic E-state index is 0.00201. The van der Waals surface area contributed by atoms with Crippen LogP contribution in [0.3, 0.4) is 0 Å². The van der Waals surface area contributed by atoms with Gasteiger partial charge in [0.05, 0.1) is 6.04 Å². The van der Waals surface area contributed by atoms with Gasteiger partial charge in [-0.25, -0.2) is 5.01 Å². The molecule has 0 bridgehead atoms. The lowest BCUT2D eigenvalue weighted by molar-refractivity contribution is -0.0325. The molecule has 29 heavy (non-hydrogen) atoms. The molecule has 0 amide bonds. The van der Waals surface area contributed by atoms with Crippen molar-refractivity contribution in [3.8, 4) is 0 Å². The lowest BCUT2D eigenvalue weighted by Crippen LogP contribution is -2.57. The number of rotatable bonds is 7. The van der Waals surface area contributed by atoms with Gasteiger partial charge >= 0.3 is 0 Å². The molecule has 0 spiro atoms. The molecule has 3 aromatic rings. The van der Waals surface area contributed by atoms with Crippen LogP contribution in [-0.4, -0.2) is 22.7 Å². The molecule has 152 valence electrons. The van der Waals surface area contributed by atoms with E-state index in [-0.39, 0.29) is 11.5 Å². The average Bonchev–Trinajstić information content (AvgIpc) is 2.72. The molecule has 0 saturated carbocycles. The zero-order valence-corrected chi connectivity index (χ0v) is 17.6. The van der Waals surface area contributed by atoms with E-state index in [0.717, 1.165) is 16.7 Å². The number of aliphatic hydroxyl groups is 1. The SMILES string of the molecule is CC(C)(C)CN(N)[C@@H](Cc1ccccc1)C(O)(c1ccccc1)c1ccccc1. The number of hydrogen-bond donors (Lipinski definition) is 2. The molecule has 0 aromatic heterocycles. The van der Waals surface area contributed by atoms with Crippen LogP contribution in [0, 0.1) is 5.41 Å². The summed E-state index contributed by atoms with van der Waals surface area (Å²) in [5.74, 6) is 6.69. The molecule has 0 fully saturated rings. The third-order valence-corrected chi connectivity index (χ3v) is 5.24. The van der Waals surface area contributed by atoms with Crippen LogP contribution in [0.1, 0.15) is 37.5 Å². The van der Waals surface area contributed by atoms with Crippen molar-refractivity contribution in [2.24, 2.45) is 11.3 Å². The number of hydrazine groups is 1. The zero-order chi connectivity index (χ0) is 20.9. The van der Waals surface area contributed by atoms with E-state index >= 15 is 0 Å². The first-order chi connectivity index (χ1) is 13.8. The normalized spacial score (nSPS) is 13.4. The van der Waals surface area contributed by atoms with Crippen LogP contribution in [-0.2, 0) is 12.0 Å². The fourth-order valence-corrected chi connectivity index (χ4v) is 3.94. The van der Waals surface area contributed by atoms with E-state index in [2.05, 4.69) is 32.9 Å². The predicted molar refractivity (Wildman–Crippen MR) is 120 cm³/mol. The minimum Gasteiger partial charge on any atom is -0.379 e. The van der Waals surface area contributed by atoms with Crippen LogP contribution in [0.4, 0.5) is 0 Å². The highest BCUT2D eigenvalue weighted by molar-refractivity contribution is 5.39. The van der Waals surface area contributed by atoms with Crippen LogP contribution in [0.5, 0.6) is 0 Å². The number of nitrogens with two attached hydrogens (primary N) is 1. The van der Waals surface area contributed by atoms with E-state index in [1.807, 2.05) is 83.9 Å². The molecule has 0 aliphatic rings. The molecule has 0 saturated heterocycles. The summed E-state index contributed by atoms with van der Waals surface area (Å²) < 4.78 is 0. The first kappa shape index (κ1) is 21.3. The Kier molecular flexibility index (Phi) is 6.53. The molecule has 0 unspecified atom stereocenters. The summed E-state index contributed by atoms with van der Waals surface area (Å²) >= 11 is 0. The maximum Gasteiger partial charge on any atom is 0.132 e. The molecule has 3 heteroatoms. The molecule has 0 aliphatic heterocycles. The van der Waals surface area contributed by atoms with Crippen molar-refractivity contribution in [2.45, 2.75) is 38.8 Å². The summed E-state index contributed by atoms with van der Waals surface area (Å²) in [5, 5.41) is 14.1. The van der Waals surface area contributed by atoms with Gasteiger partial charge in [-0.3, -0.25) is 5.84 Å². The standard InChI is InChI=1S/C26H32N2O/c1-25(2,3)20-28(27)24(19-21-13-7-4-8-14-21)26(29,22-15-9-5-10-16-22)23-17-11-6-12-18-23/h4-18,24,29H,19-20,27H2,1-3H3/t24-/m0/s1. The second-order valence-electron chi connectivity index (χ2n) is 8.94. The molecule has 3 nitrogen and oxygen atoms in total. The highest BCUT2D eigenvalue weighted by atomic mass is 16.3. The summed E-state index contributed by atoms with van der Waals surface area (Å²) in [6.07, 6.45) is 0.633. The molecule has 0 radical (unpaired) electrons. The quantitative estimate of drug-likeness (QED) is 0.453. The first-order valence-corrected chi connectivity index (χ1v) is 10.2. The molecule has 0 aliphatic carbocycles. The zero-order valence-electron chi connectivity index (χ0n) is 17.6.